The summed E-state index contributed by atoms with van der Waals surface area (Å²) in [5.41, 5.74) is 0. The third-order valence-corrected chi connectivity index (χ3v) is 3.37. The van der Waals surface area contributed by atoms with Gasteiger partial charge in [-0.15, -0.1) is 10.2 Å². The van der Waals surface area contributed by atoms with E-state index in [1.807, 2.05) is 0 Å². The minimum Gasteiger partial charge on any atom is -0.302 e. The van der Waals surface area contributed by atoms with Crippen LogP contribution in [0, 0.1) is 5.92 Å². The molecular formula is C12H20ClN3. The lowest BCUT2D eigenvalue weighted by molar-refractivity contribution is 0.503. The normalized spacial score (nSPS) is 16.0. The lowest BCUT2D eigenvalue weighted by Gasteiger charge is -2.08. The number of hydrogen-bond donors (Lipinski definition) is 0. The van der Waals surface area contributed by atoms with E-state index in [4.69, 9.17) is 11.6 Å². The minimum atomic E-state index is 0.562. The van der Waals surface area contributed by atoms with Gasteiger partial charge in [0.1, 0.15) is 5.82 Å². The second-order valence-corrected chi connectivity index (χ2v) is 5.48. The van der Waals surface area contributed by atoms with Gasteiger partial charge >= 0.3 is 0 Å². The molecule has 1 fully saturated rings. The molecule has 1 aromatic rings. The van der Waals surface area contributed by atoms with Gasteiger partial charge in [0.15, 0.2) is 0 Å². The highest BCUT2D eigenvalue weighted by Gasteiger charge is 2.29. The van der Waals surface area contributed by atoms with Crippen molar-refractivity contribution >= 4 is 11.6 Å². The van der Waals surface area contributed by atoms with E-state index in [0.717, 1.165) is 18.3 Å². The lowest BCUT2D eigenvalue weighted by Crippen LogP contribution is -2.03. The van der Waals surface area contributed by atoms with Crippen molar-refractivity contribution in [3.63, 3.8) is 0 Å². The quantitative estimate of drug-likeness (QED) is 0.712. The Labute approximate surface area is 102 Å². The molecule has 16 heavy (non-hydrogen) atoms. The largest absolute Gasteiger partial charge is 0.302 e. The molecule has 90 valence electrons. The van der Waals surface area contributed by atoms with Crippen LogP contribution in [0.1, 0.15) is 57.7 Å². The summed E-state index contributed by atoms with van der Waals surface area (Å²) in [6, 6.07) is 0. The van der Waals surface area contributed by atoms with Crippen LogP contribution < -0.4 is 0 Å². The van der Waals surface area contributed by atoms with Gasteiger partial charge in [-0.05, 0) is 36.8 Å². The van der Waals surface area contributed by atoms with Gasteiger partial charge in [-0.1, -0.05) is 26.7 Å². The van der Waals surface area contributed by atoms with Crippen LogP contribution in [0.15, 0.2) is 0 Å². The van der Waals surface area contributed by atoms with E-state index in [9.17, 15) is 0 Å². The lowest BCUT2D eigenvalue weighted by atomic mass is 10.1. The molecule has 0 radical (unpaired) electrons. The smallest absolute Gasteiger partial charge is 0.225 e. The van der Waals surface area contributed by atoms with Crippen LogP contribution in [-0.2, 0) is 6.54 Å². The molecule has 0 aromatic carbocycles. The van der Waals surface area contributed by atoms with E-state index in [0.29, 0.717) is 11.2 Å². The average Bonchev–Trinajstić information content (AvgIpc) is 3.00. The standard InChI is InChI=1S/C12H20ClN3/c1-9(2)5-3-4-8-16-11(10-6-7-10)14-15-12(16)13/h9-10H,3-8H2,1-2H3. The van der Waals surface area contributed by atoms with Crippen molar-refractivity contribution in [3.05, 3.63) is 11.1 Å². The Morgan fingerprint density at radius 1 is 1.31 bits per heavy atom. The Morgan fingerprint density at radius 3 is 2.69 bits per heavy atom. The molecule has 0 amide bonds. The summed E-state index contributed by atoms with van der Waals surface area (Å²) in [6.45, 7) is 5.51. The summed E-state index contributed by atoms with van der Waals surface area (Å²) >= 11 is 6.05. The first-order valence-electron chi connectivity index (χ1n) is 6.27. The molecule has 0 atom stereocenters. The Morgan fingerprint density at radius 2 is 2.06 bits per heavy atom. The Balaban J connectivity index is 1.85. The third kappa shape index (κ3) is 2.97. The molecule has 0 spiro atoms. The van der Waals surface area contributed by atoms with Crippen molar-refractivity contribution in [3.8, 4) is 0 Å². The molecular weight excluding hydrogens is 222 g/mol. The molecule has 1 aromatic heterocycles. The minimum absolute atomic E-state index is 0.562. The van der Waals surface area contributed by atoms with Crippen LogP contribution in [0.3, 0.4) is 0 Å². The van der Waals surface area contributed by atoms with Crippen molar-refractivity contribution in [2.24, 2.45) is 5.92 Å². The average molecular weight is 242 g/mol. The fourth-order valence-electron chi connectivity index (χ4n) is 1.97. The molecule has 1 heterocycles. The molecule has 0 unspecified atom stereocenters. The first-order chi connectivity index (χ1) is 7.68. The summed E-state index contributed by atoms with van der Waals surface area (Å²) < 4.78 is 2.10. The maximum atomic E-state index is 6.05. The van der Waals surface area contributed by atoms with E-state index in [-0.39, 0.29) is 0 Å². The summed E-state index contributed by atoms with van der Waals surface area (Å²) in [6.07, 6.45) is 6.23. The molecule has 0 aliphatic heterocycles. The van der Waals surface area contributed by atoms with Crippen molar-refractivity contribution in [1.82, 2.24) is 14.8 Å². The van der Waals surface area contributed by atoms with Crippen LogP contribution in [0.25, 0.3) is 0 Å². The highest BCUT2D eigenvalue weighted by molar-refractivity contribution is 6.28. The first kappa shape index (κ1) is 11.9. The summed E-state index contributed by atoms with van der Waals surface area (Å²) in [7, 11) is 0. The molecule has 4 heteroatoms. The van der Waals surface area contributed by atoms with Gasteiger partial charge in [0.2, 0.25) is 5.28 Å². The zero-order valence-electron chi connectivity index (χ0n) is 10.1. The van der Waals surface area contributed by atoms with Gasteiger partial charge in [-0.25, -0.2) is 0 Å². The van der Waals surface area contributed by atoms with Gasteiger partial charge in [-0.2, -0.15) is 0 Å². The van der Waals surface area contributed by atoms with Crippen molar-refractivity contribution in [2.45, 2.75) is 58.4 Å². The van der Waals surface area contributed by atoms with E-state index < -0.39 is 0 Å². The summed E-state index contributed by atoms with van der Waals surface area (Å²) in [4.78, 5) is 0. The highest BCUT2D eigenvalue weighted by Crippen LogP contribution is 2.39. The van der Waals surface area contributed by atoms with Crippen LogP contribution in [0.4, 0.5) is 0 Å². The molecule has 0 N–H and O–H groups in total. The van der Waals surface area contributed by atoms with E-state index >= 15 is 0 Å². The fourth-order valence-corrected chi connectivity index (χ4v) is 2.18. The monoisotopic (exact) mass is 241 g/mol. The molecule has 1 aliphatic rings. The predicted octanol–water partition coefficient (Wildman–Crippen LogP) is 3.64. The number of hydrogen-bond acceptors (Lipinski definition) is 2. The zero-order chi connectivity index (χ0) is 11.5. The highest BCUT2D eigenvalue weighted by atomic mass is 35.5. The molecule has 0 saturated heterocycles. The van der Waals surface area contributed by atoms with Crippen molar-refractivity contribution in [2.75, 3.05) is 0 Å². The Bertz CT molecular complexity index is 342. The van der Waals surface area contributed by atoms with E-state index in [2.05, 4.69) is 28.6 Å². The molecule has 1 saturated carbocycles. The number of nitrogens with zero attached hydrogens (tertiary/aromatic N) is 3. The molecule has 1 aliphatic carbocycles. The Kier molecular flexibility index (Phi) is 3.85. The summed E-state index contributed by atoms with van der Waals surface area (Å²) in [5, 5.41) is 8.70. The number of halogens is 1. The van der Waals surface area contributed by atoms with E-state index in [1.54, 1.807) is 0 Å². The number of unbranched alkanes of at least 4 members (excludes halogenated alkanes) is 1. The van der Waals surface area contributed by atoms with Crippen LogP contribution in [-0.4, -0.2) is 14.8 Å². The number of aromatic nitrogens is 3. The van der Waals surface area contributed by atoms with Gasteiger partial charge < -0.3 is 4.57 Å². The maximum absolute atomic E-state index is 6.05. The third-order valence-electron chi connectivity index (χ3n) is 3.09. The zero-order valence-corrected chi connectivity index (χ0v) is 10.9. The van der Waals surface area contributed by atoms with Gasteiger partial charge in [0.25, 0.3) is 0 Å². The van der Waals surface area contributed by atoms with Gasteiger partial charge in [-0.3, -0.25) is 0 Å². The fraction of sp³-hybridized carbons (Fsp3) is 0.833. The first-order valence-corrected chi connectivity index (χ1v) is 6.65. The van der Waals surface area contributed by atoms with Crippen LogP contribution >= 0.6 is 11.6 Å². The summed E-state index contributed by atoms with van der Waals surface area (Å²) in [5.74, 6) is 2.53. The van der Waals surface area contributed by atoms with Crippen LogP contribution in [0.5, 0.6) is 0 Å². The second-order valence-electron chi connectivity index (χ2n) is 5.14. The second kappa shape index (κ2) is 5.17. The number of rotatable bonds is 6. The predicted molar refractivity (Wildman–Crippen MR) is 65.7 cm³/mol. The molecule has 2 rings (SSSR count). The van der Waals surface area contributed by atoms with E-state index in [1.165, 1.54) is 32.1 Å². The molecule has 3 nitrogen and oxygen atoms in total. The van der Waals surface area contributed by atoms with Crippen molar-refractivity contribution in [1.29, 1.82) is 0 Å². The Hall–Kier alpha value is -0.570. The SMILES string of the molecule is CC(C)CCCCn1c(Cl)nnc1C1CC1. The van der Waals surface area contributed by atoms with Gasteiger partial charge in [0, 0.05) is 12.5 Å². The topological polar surface area (TPSA) is 30.7 Å². The maximum Gasteiger partial charge on any atom is 0.225 e. The van der Waals surface area contributed by atoms with Gasteiger partial charge in [0.05, 0.1) is 0 Å². The molecule has 0 bridgehead atoms. The van der Waals surface area contributed by atoms with Crippen molar-refractivity contribution < 1.29 is 0 Å². The van der Waals surface area contributed by atoms with Crippen LogP contribution in [0.2, 0.25) is 5.28 Å².